The molecular weight excluding hydrogens is 342 g/mol. The van der Waals surface area contributed by atoms with Gasteiger partial charge in [0.05, 0.1) is 12.2 Å². The predicted octanol–water partition coefficient (Wildman–Crippen LogP) is 3.86. The third kappa shape index (κ3) is 3.61. The van der Waals surface area contributed by atoms with Gasteiger partial charge in [0, 0.05) is 36.8 Å². The van der Waals surface area contributed by atoms with Crippen LogP contribution in [-0.2, 0) is 11.2 Å². The summed E-state index contributed by atoms with van der Waals surface area (Å²) in [5.41, 5.74) is 3.52. The Kier molecular flexibility index (Phi) is 4.29. The third-order valence-electron chi connectivity index (χ3n) is 5.08. The second kappa shape index (κ2) is 6.51. The number of aromatic nitrogens is 2. The van der Waals surface area contributed by atoms with Crippen LogP contribution in [0.5, 0.6) is 0 Å². The highest BCUT2D eigenvalue weighted by Gasteiger charge is 2.35. The number of likely N-dealkylation sites (tertiary alicyclic amines) is 1. The summed E-state index contributed by atoms with van der Waals surface area (Å²) in [6.07, 6.45) is 6.09. The van der Waals surface area contributed by atoms with Gasteiger partial charge in [0.25, 0.3) is 0 Å². The number of carbonyl (C=O) groups excluding carboxylic acids is 2. The number of nitrogens with zero attached hydrogens (tertiary/aromatic N) is 3. The first-order valence-electron chi connectivity index (χ1n) is 9.49. The minimum Gasteiger partial charge on any atom is -0.444 e. The van der Waals surface area contributed by atoms with E-state index in [4.69, 9.17) is 4.74 Å². The SMILES string of the molecule is CC(C)(C)OC(=O)N1CC(n2cc(-c3ccc4c(c3)C(=O)CCC4)cn2)C1. The summed E-state index contributed by atoms with van der Waals surface area (Å²) in [5.74, 6) is 0.234. The number of hydrogen-bond donors (Lipinski definition) is 0. The van der Waals surface area contributed by atoms with Gasteiger partial charge in [-0.3, -0.25) is 9.48 Å². The third-order valence-corrected chi connectivity index (χ3v) is 5.08. The highest BCUT2D eigenvalue weighted by atomic mass is 16.6. The molecule has 1 fully saturated rings. The van der Waals surface area contributed by atoms with Crippen molar-refractivity contribution < 1.29 is 14.3 Å². The number of Topliss-reactive ketones (excluding diaryl/α,β-unsaturated/α-hetero) is 1. The highest BCUT2D eigenvalue weighted by molar-refractivity contribution is 5.99. The Bertz CT molecular complexity index is 888. The van der Waals surface area contributed by atoms with Crippen LogP contribution in [0.1, 0.15) is 55.6 Å². The van der Waals surface area contributed by atoms with Crippen LogP contribution in [0.15, 0.2) is 30.6 Å². The van der Waals surface area contributed by atoms with Gasteiger partial charge in [-0.25, -0.2) is 4.79 Å². The van der Waals surface area contributed by atoms with Crippen LogP contribution < -0.4 is 0 Å². The second-order valence-electron chi connectivity index (χ2n) is 8.40. The molecule has 6 heteroatoms. The average Bonchev–Trinajstić information content (AvgIpc) is 3.01. The smallest absolute Gasteiger partial charge is 0.410 e. The van der Waals surface area contributed by atoms with Crippen molar-refractivity contribution in [3.63, 3.8) is 0 Å². The first-order valence-corrected chi connectivity index (χ1v) is 9.49. The number of ether oxygens (including phenoxy) is 1. The Morgan fingerprint density at radius 1 is 1.19 bits per heavy atom. The van der Waals surface area contributed by atoms with Gasteiger partial charge < -0.3 is 9.64 Å². The molecule has 2 heterocycles. The van der Waals surface area contributed by atoms with Gasteiger partial charge in [0.2, 0.25) is 0 Å². The Labute approximate surface area is 159 Å². The maximum Gasteiger partial charge on any atom is 0.410 e. The summed E-state index contributed by atoms with van der Waals surface area (Å²) < 4.78 is 7.29. The minimum atomic E-state index is -0.481. The molecule has 1 aliphatic heterocycles. The Morgan fingerprint density at radius 2 is 1.96 bits per heavy atom. The average molecular weight is 367 g/mol. The number of amides is 1. The molecule has 142 valence electrons. The quantitative estimate of drug-likeness (QED) is 0.808. The van der Waals surface area contributed by atoms with Crippen LogP contribution in [0.25, 0.3) is 11.1 Å². The van der Waals surface area contributed by atoms with E-state index in [0.29, 0.717) is 19.5 Å². The lowest BCUT2D eigenvalue weighted by Crippen LogP contribution is -2.52. The van der Waals surface area contributed by atoms with Crippen molar-refractivity contribution >= 4 is 11.9 Å². The van der Waals surface area contributed by atoms with Gasteiger partial charge in [0.15, 0.2) is 5.78 Å². The van der Waals surface area contributed by atoms with Gasteiger partial charge >= 0.3 is 6.09 Å². The first-order chi connectivity index (χ1) is 12.8. The monoisotopic (exact) mass is 367 g/mol. The predicted molar refractivity (Wildman–Crippen MR) is 102 cm³/mol. The number of ketones is 1. The zero-order chi connectivity index (χ0) is 19.2. The number of carbonyl (C=O) groups is 2. The number of rotatable bonds is 2. The van der Waals surface area contributed by atoms with E-state index in [0.717, 1.165) is 35.1 Å². The molecule has 4 rings (SSSR count). The lowest BCUT2D eigenvalue weighted by Gasteiger charge is -2.39. The summed E-state index contributed by atoms with van der Waals surface area (Å²) in [5, 5.41) is 4.47. The summed E-state index contributed by atoms with van der Waals surface area (Å²) >= 11 is 0. The van der Waals surface area contributed by atoms with Crippen molar-refractivity contribution in [2.45, 2.75) is 51.7 Å². The van der Waals surface area contributed by atoms with E-state index in [1.54, 1.807) is 4.90 Å². The molecule has 0 atom stereocenters. The molecule has 6 nitrogen and oxygen atoms in total. The maximum absolute atomic E-state index is 12.2. The largest absolute Gasteiger partial charge is 0.444 e. The van der Waals surface area contributed by atoms with Crippen molar-refractivity contribution in [1.29, 1.82) is 0 Å². The zero-order valence-corrected chi connectivity index (χ0v) is 16.1. The van der Waals surface area contributed by atoms with E-state index in [-0.39, 0.29) is 17.9 Å². The Hall–Kier alpha value is -2.63. The molecule has 1 aromatic heterocycles. The lowest BCUT2D eigenvalue weighted by molar-refractivity contribution is -0.000387. The van der Waals surface area contributed by atoms with Crippen LogP contribution >= 0.6 is 0 Å². The van der Waals surface area contributed by atoms with Crippen molar-refractivity contribution in [1.82, 2.24) is 14.7 Å². The van der Waals surface area contributed by atoms with Crippen molar-refractivity contribution in [2.24, 2.45) is 0 Å². The normalized spacial score (nSPS) is 17.4. The van der Waals surface area contributed by atoms with E-state index < -0.39 is 5.60 Å². The molecule has 1 aliphatic carbocycles. The van der Waals surface area contributed by atoms with E-state index in [1.165, 1.54) is 0 Å². The van der Waals surface area contributed by atoms with Gasteiger partial charge in [-0.15, -0.1) is 0 Å². The topological polar surface area (TPSA) is 64.4 Å². The molecule has 0 N–H and O–H groups in total. The van der Waals surface area contributed by atoms with Gasteiger partial charge in [0.1, 0.15) is 5.60 Å². The summed E-state index contributed by atoms with van der Waals surface area (Å²) in [6.45, 7) is 6.79. The molecule has 2 aromatic rings. The zero-order valence-electron chi connectivity index (χ0n) is 16.1. The lowest BCUT2D eigenvalue weighted by atomic mass is 9.88. The second-order valence-corrected chi connectivity index (χ2v) is 8.40. The van der Waals surface area contributed by atoms with E-state index in [1.807, 2.05) is 43.9 Å². The van der Waals surface area contributed by atoms with Crippen molar-refractivity contribution in [2.75, 3.05) is 13.1 Å². The Balaban J connectivity index is 1.44. The fourth-order valence-corrected chi connectivity index (χ4v) is 3.59. The van der Waals surface area contributed by atoms with E-state index in [2.05, 4.69) is 17.2 Å². The highest BCUT2D eigenvalue weighted by Crippen LogP contribution is 2.29. The number of hydrogen-bond acceptors (Lipinski definition) is 4. The minimum absolute atomic E-state index is 0.158. The number of fused-ring (bicyclic) bond motifs is 1. The molecule has 1 amide bonds. The molecule has 0 radical (unpaired) electrons. The first kappa shape index (κ1) is 17.8. The molecular formula is C21H25N3O3. The molecule has 0 saturated carbocycles. The van der Waals surface area contributed by atoms with Crippen LogP contribution in [0.2, 0.25) is 0 Å². The molecule has 0 unspecified atom stereocenters. The fraction of sp³-hybridized carbons (Fsp3) is 0.476. The van der Waals surface area contributed by atoms with E-state index >= 15 is 0 Å². The van der Waals surface area contributed by atoms with Crippen LogP contribution in [0, 0.1) is 0 Å². The van der Waals surface area contributed by atoms with Crippen LogP contribution in [-0.4, -0.2) is 45.2 Å². The summed E-state index contributed by atoms with van der Waals surface area (Å²) in [6, 6.07) is 6.27. The van der Waals surface area contributed by atoms with Crippen molar-refractivity contribution in [3.05, 3.63) is 41.7 Å². The fourth-order valence-electron chi connectivity index (χ4n) is 3.59. The summed E-state index contributed by atoms with van der Waals surface area (Å²) in [4.78, 5) is 25.9. The number of benzene rings is 1. The van der Waals surface area contributed by atoms with Crippen molar-refractivity contribution in [3.8, 4) is 11.1 Å². The molecule has 2 aliphatic rings. The molecule has 1 saturated heterocycles. The van der Waals surface area contributed by atoms with E-state index in [9.17, 15) is 9.59 Å². The number of aryl methyl sites for hydroxylation is 1. The molecule has 0 spiro atoms. The molecule has 0 bridgehead atoms. The van der Waals surface area contributed by atoms with Gasteiger partial charge in [-0.1, -0.05) is 12.1 Å². The van der Waals surface area contributed by atoms with Gasteiger partial charge in [-0.05, 0) is 50.8 Å². The van der Waals surface area contributed by atoms with Gasteiger partial charge in [-0.2, -0.15) is 5.10 Å². The maximum atomic E-state index is 12.2. The summed E-state index contributed by atoms with van der Waals surface area (Å²) in [7, 11) is 0. The van der Waals surface area contributed by atoms with Crippen LogP contribution in [0.4, 0.5) is 4.79 Å². The standard InChI is InChI=1S/C21H25N3O3/c1-21(2,3)27-20(26)23-12-17(13-23)24-11-16(10-22-24)15-8-7-14-5-4-6-19(25)18(14)9-15/h7-11,17H,4-6,12-13H2,1-3H3. The van der Waals surface area contributed by atoms with Crippen LogP contribution in [0.3, 0.4) is 0 Å². The molecule has 1 aromatic carbocycles. The Morgan fingerprint density at radius 3 is 2.70 bits per heavy atom. The molecule has 27 heavy (non-hydrogen) atoms.